The van der Waals surface area contributed by atoms with E-state index in [1.807, 2.05) is 52.1 Å². The molecule has 0 aromatic carbocycles. The number of anilines is 1. The Hall–Kier alpha value is -3.84. The van der Waals surface area contributed by atoms with Crippen LogP contribution in [0, 0.1) is 11.3 Å². The number of hydrogen-bond donors (Lipinski definition) is 2. The molecule has 1 amide bonds. The number of aliphatic hydroxyl groups excluding tert-OH is 1. The molecule has 1 saturated heterocycles. The van der Waals surface area contributed by atoms with Crippen LogP contribution in [0.15, 0.2) is 36.8 Å². The zero-order chi connectivity index (χ0) is 26.3. The maximum Gasteiger partial charge on any atom is 0.407 e. The molecule has 36 heavy (non-hydrogen) atoms. The van der Waals surface area contributed by atoms with Crippen molar-refractivity contribution < 1.29 is 19.4 Å². The van der Waals surface area contributed by atoms with Gasteiger partial charge in [0, 0.05) is 43.6 Å². The quantitative estimate of drug-likeness (QED) is 0.549. The number of ether oxygens (including phenoxy) is 2. The van der Waals surface area contributed by atoms with Gasteiger partial charge in [0.15, 0.2) is 0 Å². The van der Waals surface area contributed by atoms with E-state index in [4.69, 9.17) is 19.6 Å². The van der Waals surface area contributed by atoms with Crippen molar-refractivity contribution in [2.75, 3.05) is 31.7 Å². The molecule has 0 bridgehead atoms. The van der Waals surface area contributed by atoms with E-state index in [9.17, 15) is 10.1 Å². The SMILES string of the molecule is CCOc1cc(-c2ccc(N3CCC(NC(=O)OC(C)(C)C)CC3)nc2)c2c(C#N)cnn2c1.CO. The first kappa shape index (κ1) is 26.8. The van der Waals surface area contributed by atoms with Crippen LogP contribution in [-0.4, -0.2) is 64.2 Å². The summed E-state index contributed by atoms with van der Waals surface area (Å²) in [5, 5.41) is 23.8. The predicted molar refractivity (Wildman–Crippen MR) is 137 cm³/mol. The number of nitrogens with zero attached hydrogens (tertiary/aromatic N) is 5. The number of aliphatic hydroxyl groups is 1. The molecule has 0 atom stereocenters. The zero-order valence-corrected chi connectivity index (χ0v) is 21.5. The standard InChI is InChI=1S/C25H30N6O3.CH4O/c1-5-33-20-12-21(23-18(13-26)15-28-31(23)16-20)17-6-7-22(27-14-17)30-10-8-19(9-11-30)29-24(32)34-25(2,3)4;1-2/h6-7,12,14-16,19H,5,8-11H2,1-4H3,(H,29,32);2H,1H3. The molecule has 10 heteroatoms. The number of alkyl carbamates (subject to hydrolysis) is 1. The number of nitriles is 1. The van der Waals surface area contributed by atoms with Crippen molar-refractivity contribution in [3.05, 3.63) is 42.4 Å². The van der Waals surface area contributed by atoms with Gasteiger partial charge in [-0.2, -0.15) is 10.4 Å². The fraction of sp³-hybridized carbons (Fsp3) is 0.462. The Bertz CT molecular complexity index is 1200. The van der Waals surface area contributed by atoms with Crippen molar-refractivity contribution in [1.82, 2.24) is 19.9 Å². The van der Waals surface area contributed by atoms with Crippen LogP contribution in [0.3, 0.4) is 0 Å². The Morgan fingerprint density at radius 1 is 1.25 bits per heavy atom. The highest BCUT2D eigenvalue weighted by Crippen LogP contribution is 2.31. The van der Waals surface area contributed by atoms with Crippen LogP contribution >= 0.6 is 0 Å². The van der Waals surface area contributed by atoms with Gasteiger partial charge in [0.25, 0.3) is 0 Å². The summed E-state index contributed by atoms with van der Waals surface area (Å²) in [5.41, 5.74) is 2.46. The average Bonchev–Trinajstić information content (AvgIpc) is 3.27. The van der Waals surface area contributed by atoms with Crippen LogP contribution in [0.25, 0.3) is 16.6 Å². The van der Waals surface area contributed by atoms with Crippen LogP contribution in [0.5, 0.6) is 5.75 Å². The summed E-state index contributed by atoms with van der Waals surface area (Å²) in [6, 6.07) is 8.22. The third kappa shape index (κ3) is 6.43. The molecule has 192 valence electrons. The van der Waals surface area contributed by atoms with Gasteiger partial charge in [0.2, 0.25) is 0 Å². The van der Waals surface area contributed by atoms with Crippen molar-refractivity contribution in [3.63, 3.8) is 0 Å². The zero-order valence-electron chi connectivity index (χ0n) is 21.5. The molecule has 1 aliphatic rings. The Morgan fingerprint density at radius 3 is 2.56 bits per heavy atom. The molecule has 3 aromatic rings. The summed E-state index contributed by atoms with van der Waals surface area (Å²) in [5.74, 6) is 1.56. The van der Waals surface area contributed by atoms with E-state index in [0.717, 1.165) is 55.5 Å². The van der Waals surface area contributed by atoms with Gasteiger partial charge < -0.3 is 24.8 Å². The summed E-state index contributed by atoms with van der Waals surface area (Å²) < 4.78 is 12.7. The molecule has 0 spiro atoms. The minimum absolute atomic E-state index is 0.0891. The number of carbonyl (C=O) groups excluding carboxylic acids is 1. The molecule has 3 aromatic heterocycles. The smallest absolute Gasteiger partial charge is 0.407 e. The van der Waals surface area contributed by atoms with Gasteiger partial charge >= 0.3 is 6.09 Å². The molecule has 0 aliphatic carbocycles. The van der Waals surface area contributed by atoms with E-state index >= 15 is 0 Å². The predicted octanol–water partition coefficient (Wildman–Crippen LogP) is 3.77. The van der Waals surface area contributed by atoms with Gasteiger partial charge in [-0.15, -0.1) is 0 Å². The molecule has 4 rings (SSSR count). The maximum absolute atomic E-state index is 12.0. The summed E-state index contributed by atoms with van der Waals surface area (Å²) in [6.45, 7) is 9.61. The van der Waals surface area contributed by atoms with E-state index in [2.05, 4.69) is 21.4 Å². The Kier molecular flexibility index (Phi) is 8.72. The van der Waals surface area contributed by atoms with Gasteiger partial charge in [-0.3, -0.25) is 0 Å². The maximum atomic E-state index is 12.0. The van der Waals surface area contributed by atoms with E-state index in [1.54, 1.807) is 16.9 Å². The van der Waals surface area contributed by atoms with Crippen LogP contribution in [0.4, 0.5) is 10.6 Å². The van der Waals surface area contributed by atoms with Crippen molar-refractivity contribution in [2.45, 2.75) is 52.2 Å². The van der Waals surface area contributed by atoms with Crippen LogP contribution < -0.4 is 15.0 Å². The van der Waals surface area contributed by atoms with Gasteiger partial charge in [-0.25, -0.2) is 14.3 Å². The topological polar surface area (TPSA) is 125 Å². The lowest BCUT2D eigenvalue weighted by Gasteiger charge is -2.33. The molecule has 0 radical (unpaired) electrons. The second-order valence-corrected chi connectivity index (χ2v) is 9.30. The lowest BCUT2D eigenvalue weighted by Crippen LogP contribution is -2.46. The number of rotatable bonds is 5. The molecule has 1 fully saturated rings. The first-order chi connectivity index (χ1) is 17.3. The van der Waals surface area contributed by atoms with Crippen molar-refractivity contribution in [1.29, 1.82) is 5.26 Å². The second kappa shape index (κ2) is 11.7. The lowest BCUT2D eigenvalue weighted by molar-refractivity contribution is 0.0497. The molecule has 0 saturated carbocycles. The molecule has 0 unspecified atom stereocenters. The highest BCUT2D eigenvalue weighted by atomic mass is 16.6. The van der Waals surface area contributed by atoms with Gasteiger partial charge in [-0.1, -0.05) is 0 Å². The van der Waals surface area contributed by atoms with Crippen LogP contribution in [-0.2, 0) is 4.74 Å². The second-order valence-electron chi connectivity index (χ2n) is 9.30. The molecule has 2 N–H and O–H groups in total. The van der Waals surface area contributed by atoms with Crippen molar-refractivity contribution in [3.8, 4) is 22.9 Å². The third-order valence-electron chi connectivity index (χ3n) is 5.62. The monoisotopic (exact) mass is 494 g/mol. The first-order valence-corrected chi connectivity index (χ1v) is 12.0. The molecule has 10 nitrogen and oxygen atoms in total. The largest absolute Gasteiger partial charge is 0.492 e. The number of amides is 1. The number of fused-ring (bicyclic) bond motifs is 1. The molecular formula is C26H34N6O4. The number of carbonyl (C=O) groups is 1. The van der Waals surface area contributed by atoms with Crippen molar-refractivity contribution in [2.24, 2.45) is 0 Å². The fourth-order valence-corrected chi connectivity index (χ4v) is 4.10. The summed E-state index contributed by atoms with van der Waals surface area (Å²) >= 11 is 0. The molecule has 1 aliphatic heterocycles. The lowest BCUT2D eigenvalue weighted by atomic mass is 10.0. The first-order valence-electron chi connectivity index (χ1n) is 12.0. The number of nitrogens with one attached hydrogen (secondary N) is 1. The average molecular weight is 495 g/mol. The number of pyridine rings is 2. The van der Waals surface area contributed by atoms with Crippen LogP contribution in [0.2, 0.25) is 0 Å². The third-order valence-corrected chi connectivity index (χ3v) is 5.62. The molecular weight excluding hydrogens is 460 g/mol. The Labute approximate surface area is 211 Å². The highest BCUT2D eigenvalue weighted by Gasteiger charge is 2.24. The number of aromatic nitrogens is 3. The van der Waals surface area contributed by atoms with Gasteiger partial charge in [0.1, 0.15) is 23.2 Å². The van der Waals surface area contributed by atoms with Gasteiger partial charge in [-0.05, 0) is 58.7 Å². The minimum Gasteiger partial charge on any atom is -0.492 e. The van der Waals surface area contributed by atoms with E-state index in [1.165, 1.54) is 0 Å². The van der Waals surface area contributed by atoms with E-state index in [-0.39, 0.29) is 12.1 Å². The summed E-state index contributed by atoms with van der Waals surface area (Å²) in [6.07, 6.45) is 6.43. The summed E-state index contributed by atoms with van der Waals surface area (Å²) in [4.78, 5) is 18.9. The van der Waals surface area contributed by atoms with Gasteiger partial charge in [0.05, 0.1) is 30.1 Å². The normalized spacial score (nSPS) is 14.0. The highest BCUT2D eigenvalue weighted by molar-refractivity contribution is 5.85. The Balaban J connectivity index is 0.00000176. The number of piperidine rings is 1. The molecule has 4 heterocycles. The van der Waals surface area contributed by atoms with Crippen LogP contribution in [0.1, 0.15) is 46.1 Å². The minimum atomic E-state index is -0.505. The summed E-state index contributed by atoms with van der Waals surface area (Å²) in [7, 11) is 1.00. The van der Waals surface area contributed by atoms with Crippen molar-refractivity contribution >= 4 is 17.4 Å². The number of hydrogen-bond acceptors (Lipinski definition) is 8. The van der Waals surface area contributed by atoms with E-state index < -0.39 is 5.60 Å². The fourth-order valence-electron chi connectivity index (χ4n) is 4.10. The Morgan fingerprint density at radius 2 is 1.97 bits per heavy atom. The van der Waals surface area contributed by atoms with E-state index in [0.29, 0.717) is 17.9 Å².